The molecule has 0 bridgehead atoms. The summed E-state index contributed by atoms with van der Waals surface area (Å²) in [6, 6.07) is 2.39. The van der Waals surface area contributed by atoms with Crippen LogP contribution < -0.4 is 4.74 Å². The van der Waals surface area contributed by atoms with Crippen LogP contribution in [0.25, 0.3) is 0 Å². The van der Waals surface area contributed by atoms with Gasteiger partial charge in [-0.15, -0.1) is 11.6 Å². The third kappa shape index (κ3) is 3.19. The molecule has 2 rings (SSSR count). The van der Waals surface area contributed by atoms with Crippen molar-refractivity contribution in [2.45, 2.75) is 38.0 Å². The summed E-state index contributed by atoms with van der Waals surface area (Å²) in [5, 5.41) is -0.599. The molecule has 106 valence electrons. The largest absolute Gasteiger partial charge is 0.497 e. The molecule has 1 saturated carbocycles. The number of hydrogen-bond donors (Lipinski definition) is 0. The minimum atomic E-state index is -0.615. The molecule has 0 N–H and O–H groups in total. The molecule has 1 unspecified atom stereocenters. The van der Waals surface area contributed by atoms with Crippen LogP contribution in [0.15, 0.2) is 12.1 Å². The number of hydrogen-bond acceptors (Lipinski definition) is 1. The molecule has 0 radical (unpaired) electrons. The maximum atomic E-state index is 14.0. The van der Waals surface area contributed by atoms with Crippen molar-refractivity contribution in [2.75, 3.05) is 7.11 Å². The molecule has 1 atom stereocenters. The summed E-state index contributed by atoms with van der Waals surface area (Å²) >= 11 is 6.32. The molecule has 1 aromatic rings. The topological polar surface area (TPSA) is 9.23 Å². The number of halogens is 3. The zero-order valence-electron chi connectivity index (χ0n) is 11.3. The van der Waals surface area contributed by atoms with Gasteiger partial charge in [-0.1, -0.05) is 19.8 Å². The van der Waals surface area contributed by atoms with Crippen molar-refractivity contribution < 1.29 is 13.5 Å². The minimum absolute atomic E-state index is 0.0120. The van der Waals surface area contributed by atoms with Crippen LogP contribution in [-0.2, 0) is 0 Å². The van der Waals surface area contributed by atoms with E-state index in [4.69, 9.17) is 16.3 Å². The fourth-order valence-corrected chi connectivity index (χ4v) is 3.22. The van der Waals surface area contributed by atoms with Crippen LogP contribution in [0.3, 0.4) is 0 Å². The number of rotatable bonds is 3. The van der Waals surface area contributed by atoms with Gasteiger partial charge >= 0.3 is 0 Å². The van der Waals surface area contributed by atoms with Crippen molar-refractivity contribution in [3.05, 3.63) is 29.3 Å². The molecular weight excluding hydrogens is 270 g/mol. The second kappa shape index (κ2) is 6.08. The van der Waals surface area contributed by atoms with E-state index in [-0.39, 0.29) is 17.2 Å². The SMILES string of the molecule is COc1cc(F)c(C(Cl)C2CCC(C)CC2)c(F)c1. The lowest BCUT2D eigenvalue weighted by Gasteiger charge is -2.30. The van der Waals surface area contributed by atoms with E-state index in [1.54, 1.807) is 0 Å². The first-order chi connectivity index (χ1) is 9.02. The van der Waals surface area contributed by atoms with Crippen molar-refractivity contribution in [3.63, 3.8) is 0 Å². The molecule has 0 saturated heterocycles. The van der Waals surface area contributed by atoms with Crippen molar-refractivity contribution in [1.82, 2.24) is 0 Å². The molecular formula is C15H19ClF2O. The van der Waals surface area contributed by atoms with E-state index >= 15 is 0 Å². The second-order valence-electron chi connectivity index (χ2n) is 5.43. The van der Waals surface area contributed by atoms with Gasteiger partial charge in [-0.25, -0.2) is 8.78 Å². The Morgan fingerprint density at radius 1 is 1.16 bits per heavy atom. The molecule has 1 aromatic carbocycles. The normalized spacial score (nSPS) is 25.1. The Balaban J connectivity index is 2.21. The molecule has 0 aliphatic heterocycles. The fraction of sp³-hybridized carbons (Fsp3) is 0.600. The van der Waals surface area contributed by atoms with Gasteiger partial charge in [-0.3, -0.25) is 0 Å². The summed E-state index contributed by atoms with van der Waals surface area (Å²) in [5.74, 6) is -0.216. The Bertz CT molecular complexity index is 419. The first-order valence-corrected chi connectivity index (χ1v) is 7.13. The number of ether oxygens (including phenoxy) is 1. The van der Waals surface area contributed by atoms with E-state index in [0.29, 0.717) is 5.92 Å². The van der Waals surface area contributed by atoms with Crippen LogP contribution >= 0.6 is 11.6 Å². The third-order valence-corrected chi connectivity index (χ3v) is 4.61. The van der Waals surface area contributed by atoms with Crippen molar-refractivity contribution in [2.24, 2.45) is 11.8 Å². The number of methoxy groups -OCH3 is 1. The average molecular weight is 289 g/mol. The summed E-state index contributed by atoms with van der Waals surface area (Å²) in [7, 11) is 1.38. The molecule has 1 nitrogen and oxygen atoms in total. The standard InChI is InChI=1S/C15H19ClF2O/c1-9-3-5-10(6-4-9)15(16)14-12(17)7-11(19-2)8-13(14)18/h7-10,15H,3-6H2,1-2H3. The Hall–Kier alpha value is -0.830. The van der Waals surface area contributed by atoms with Crippen LogP contribution in [0, 0.1) is 23.5 Å². The van der Waals surface area contributed by atoms with E-state index < -0.39 is 17.0 Å². The number of alkyl halides is 1. The Labute approximate surface area is 117 Å². The molecule has 19 heavy (non-hydrogen) atoms. The van der Waals surface area contributed by atoms with E-state index in [1.807, 2.05) is 0 Å². The molecule has 0 spiro atoms. The van der Waals surface area contributed by atoms with Crippen LogP contribution in [0.2, 0.25) is 0 Å². The van der Waals surface area contributed by atoms with Gasteiger partial charge in [0, 0.05) is 17.7 Å². The fourth-order valence-electron chi connectivity index (χ4n) is 2.76. The lowest BCUT2D eigenvalue weighted by molar-refractivity contribution is 0.278. The van der Waals surface area contributed by atoms with Gasteiger partial charge in [0.25, 0.3) is 0 Å². The monoisotopic (exact) mass is 288 g/mol. The second-order valence-corrected chi connectivity index (χ2v) is 5.90. The van der Waals surface area contributed by atoms with Crippen LogP contribution in [-0.4, -0.2) is 7.11 Å². The van der Waals surface area contributed by atoms with Crippen molar-refractivity contribution in [1.29, 1.82) is 0 Å². The van der Waals surface area contributed by atoms with Gasteiger partial charge in [0.15, 0.2) is 0 Å². The summed E-state index contributed by atoms with van der Waals surface area (Å²) in [4.78, 5) is 0. The molecule has 0 aromatic heterocycles. The highest BCUT2D eigenvalue weighted by molar-refractivity contribution is 6.21. The first kappa shape index (κ1) is 14.6. The van der Waals surface area contributed by atoms with Gasteiger partial charge in [0.05, 0.1) is 12.5 Å². The Kier molecular flexibility index (Phi) is 4.67. The predicted octanol–water partition coefficient (Wildman–Crippen LogP) is 5.08. The number of benzene rings is 1. The molecule has 1 aliphatic rings. The van der Waals surface area contributed by atoms with E-state index in [0.717, 1.165) is 25.7 Å². The zero-order chi connectivity index (χ0) is 14.0. The minimum Gasteiger partial charge on any atom is -0.497 e. The van der Waals surface area contributed by atoms with Gasteiger partial charge in [0.2, 0.25) is 0 Å². The highest BCUT2D eigenvalue weighted by atomic mass is 35.5. The Morgan fingerprint density at radius 3 is 2.16 bits per heavy atom. The van der Waals surface area contributed by atoms with E-state index in [2.05, 4.69) is 6.92 Å². The van der Waals surface area contributed by atoms with Crippen LogP contribution in [0.4, 0.5) is 8.78 Å². The quantitative estimate of drug-likeness (QED) is 0.705. The lowest BCUT2D eigenvalue weighted by atomic mass is 9.79. The lowest BCUT2D eigenvalue weighted by Crippen LogP contribution is -2.18. The van der Waals surface area contributed by atoms with Gasteiger partial charge in [-0.05, 0) is 24.7 Å². The van der Waals surface area contributed by atoms with E-state index in [1.165, 1.54) is 19.2 Å². The van der Waals surface area contributed by atoms with Gasteiger partial charge in [0.1, 0.15) is 17.4 Å². The summed E-state index contributed by atoms with van der Waals surface area (Å²) in [5.41, 5.74) is -0.0120. The molecule has 4 heteroatoms. The zero-order valence-corrected chi connectivity index (χ0v) is 12.0. The molecule has 0 heterocycles. The molecule has 1 fully saturated rings. The van der Waals surface area contributed by atoms with Crippen molar-refractivity contribution >= 4 is 11.6 Å². The first-order valence-electron chi connectivity index (χ1n) is 6.70. The maximum Gasteiger partial charge on any atom is 0.134 e. The van der Waals surface area contributed by atoms with Crippen molar-refractivity contribution in [3.8, 4) is 5.75 Å². The molecule has 1 aliphatic carbocycles. The summed E-state index contributed by atoms with van der Waals surface area (Å²) in [6.07, 6.45) is 4.01. The van der Waals surface area contributed by atoms with Crippen LogP contribution in [0.1, 0.15) is 43.5 Å². The smallest absolute Gasteiger partial charge is 0.134 e. The predicted molar refractivity (Wildman–Crippen MR) is 72.6 cm³/mol. The Morgan fingerprint density at radius 2 is 1.68 bits per heavy atom. The summed E-state index contributed by atoms with van der Waals surface area (Å²) in [6.45, 7) is 2.20. The van der Waals surface area contributed by atoms with Gasteiger partial charge in [-0.2, -0.15) is 0 Å². The van der Waals surface area contributed by atoms with E-state index in [9.17, 15) is 8.78 Å². The highest BCUT2D eigenvalue weighted by Crippen LogP contribution is 2.42. The summed E-state index contributed by atoms with van der Waals surface area (Å²) < 4.78 is 32.8. The van der Waals surface area contributed by atoms with Crippen LogP contribution in [0.5, 0.6) is 5.75 Å². The van der Waals surface area contributed by atoms with Gasteiger partial charge < -0.3 is 4.74 Å². The average Bonchev–Trinajstić information content (AvgIpc) is 2.38. The highest BCUT2D eigenvalue weighted by Gasteiger charge is 2.30. The third-order valence-electron chi connectivity index (χ3n) is 4.04. The maximum absolute atomic E-state index is 14.0. The molecule has 0 amide bonds.